The number of halogens is 1. The van der Waals surface area contributed by atoms with Gasteiger partial charge in [-0.05, 0) is 55.4 Å². The highest BCUT2D eigenvalue weighted by molar-refractivity contribution is 7.21. The third-order valence-electron chi connectivity index (χ3n) is 6.42. The zero-order valence-corrected chi connectivity index (χ0v) is 20.8. The predicted octanol–water partition coefficient (Wildman–Crippen LogP) is 5.31. The lowest BCUT2D eigenvalue weighted by molar-refractivity contribution is -0.148. The Morgan fingerprint density at radius 3 is 2.72 bits per heavy atom. The molecular formula is C27H27FN2O5S. The number of carbonyl (C=O) groups is 3. The summed E-state index contributed by atoms with van der Waals surface area (Å²) in [5, 5.41) is 0. The highest BCUT2D eigenvalue weighted by atomic mass is 32.1. The molecule has 1 amide bonds. The van der Waals surface area contributed by atoms with Crippen LogP contribution in [0.4, 0.5) is 4.39 Å². The Balaban J connectivity index is 1.31. The lowest BCUT2D eigenvalue weighted by atomic mass is 10.0. The lowest BCUT2D eigenvalue weighted by Crippen LogP contribution is -2.43. The minimum absolute atomic E-state index is 0.0439. The van der Waals surface area contributed by atoms with Gasteiger partial charge in [0.25, 0.3) is 5.91 Å². The summed E-state index contributed by atoms with van der Waals surface area (Å²) in [5.41, 5.74) is 1.21. The van der Waals surface area contributed by atoms with Crippen LogP contribution < -0.4 is 4.74 Å². The number of amides is 1. The number of likely N-dealkylation sites (tertiary alicyclic amines) is 1. The average molecular weight is 511 g/mol. The van der Waals surface area contributed by atoms with Gasteiger partial charge in [-0.1, -0.05) is 6.07 Å². The number of nitrogens with zero attached hydrogens (tertiary/aromatic N) is 2. The summed E-state index contributed by atoms with van der Waals surface area (Å²) >= 11 is 1.24. The maximum absolute atomic E-state index is 14.8. The van der Waals surface area contributed by atoms with Crippen LogP contribution in [0.1, 0.15) is 54.3 Å². The molecule has 3 aromatic rings. The molecule has 0 radical (unpaired) electrons. The molecule has 5 rings (SSSR count). The van der Waals surface area contributed by atoms with Crippen LogP contribution in [-0.4, -0.2) is 46.7 Å². The van der Waals surface area contributed by atoms with Gasteiger partial charge < -0.3 is 14.4 Å². The second kappa shape index (κ2) is 10.3. The highest BCUT2D eigenvalue weighted by Gasteiger charge is 2.28. The molecule has 0 N–H and O–H groups in total. The van der Waals surface area contributed by atoms with Crippen molar-refractivity contribution in [2.24, 2.45) is 5.92 Å². The number of pyridine rings is 1. The minimum atomic E-state index is -0.547. The predicted molar refractivity (Wildman–Crippen MR) is 133 cm³/mol. The number of rotatable bonds is 8. The smallest absolute Gasteiger partial charge is 0.302 e. The normalized spacial score (nSPS) is 17.7. The van der Waals surface area contributed by atoms with Crippen LogP contribution in [0.25, 0.3) is 10.2 Å². The zero-order chi connectivity index (χ0) is 25.2. The zero-order valence-electron chi connectivity index (χ0n) is 20.0. The van der Waals surface area contributed by atoms with Crippen LogP contribution in [0.3, 0.4) is 0 Å². The van der Waals surface area contributed by atoms with Crippen molar-refractivity contribution in [3.8, 4) is 11.5 Å². The third-order valence-corrected chi connectivity index (χ3v) is 7.54. The van der Waals surface area contributed by atoms with Crippen LogP contribution in [0.15, 0.2) is 36.5 Å². The van der Waals surface area contributed by atoms with E-state index in [0.29, 0.717) is 51.8 Å². The molecule has 2 aromatic heterocycles. The van der Waals surface area contributed by atoms with Crippen molar-refractivity contribution >= 4 is 39.2 Å². The number of thiophene rings is 1. The standard InChI is InChI=1S/C27H27FN2O5S/c1-16(31)34-20-3-2-10-30(15-20)27(33)25-14-22-26(36-25)24(8-9-29-22)35-23-7-6-18(13-21(23)28)12-19(32)11-17-4-5-17/h6-9,13-14,17,20H,2-5,10-12,15H2,1H3/t20-/m1/s1. The number of benzene rings is 1. The van der Waals surface area contributed by atoms with Gasteiger partial charge in [-0.3, -0.25) is 19.4 Å². The summed E-state index contributed by atoms with van der Waals surface area (Å²) in [6, 6.07) is 7.93. The van der Waals surface area contributed by atoms with Crippen LogP contribution in [0.2, 0.25) is 0 Å². The van der Waals surface area contributed by atoms with E-state index >= 15 is 0 Å². The van der Waals surface area contributed by atoms with Gasteiger partial charge in [-0.15, -0.1) is 11.3 Å². The Labute approximate surface area is 212 Å². The Kier molecular flexibility index (Phi) is 7.00. The van der Waals surface area contributed by atoms with Crippen molar-refractivity contribution < 1.29 is 28.2 Å². The van der Waals surface area contributed by atoms with Crippen molar-refractivity contribution in [3.63, 3.8) is 0 Å². The molecule has 2 fully saturated rings. The number of aromatic nitrogens is 1. The SMILES string of the molecule is CC(=O)O[C@@H]1CCCN(C(=O)c2cc3nccc(Oc4ccc(CC(=O)CC5CC5)cc4F)c3s2)C1. The monoisotopic (exact) mass is 510 g/mol. The number of Topliss-reactive ketones (excluding diaryl/α,β-unsaturated/α-hetero) is 1. The molecule has 188 valence electrons. The molecule has 2 aliphatic rings. The van der Waals surface area contributed by atoms with Gasteiger partial charge in [0, 0.05) is 38.6 Å². The molecule has 1 saturated heterocycles. The summed E-state index contributed by atoms with van der Waals surface area (Å²) in [5.74, 6) is 0.0186. The molecule has 1 aliphatic heterocycles. The second-order valence-electron chi connectivity index (χ2n) is 9.49. The van der Waals surface area contributed by atoms with Gasteiger partial charge in [0.05, 0.1) is 21.6 Å². The van der Waals surface area contributed by atoms with Crippen molar-refractivity contribution in [3.05, 3.63) is 52.8 Å². The molecule has 36 heavy (non-hydrogen) atoms. The van der Waals surface area contributed by atoms with Gasteiger partial charge in [0.15, 0.2) is 11.6 Å². The van der Waals surface area contributed by atoms with Crippen molar-refractivity contribution in [2.45, 2.75) is 51.6 Å². The van der Waals surface area contributed by atoms with Crippen LogP contribution in [-0.2, 0) is 20.7 Å². The van der Waals surface area contributed by atoms with E-state index < -0.39 is 5.82 Å². The summed E-state index contributed by atoms with van der Waals surface area (Å²) < 4.78 is 26.6. The Morgan fingerprint density at radius 2 is 1.97 bits per heavy atom. The number of hydrogen-bond acceptors (Lipinski definition) is 7. The van der Waals surface area contributed by atoms with Gasteiger partial charge in [-0.25, -0.2) is 4.39 Å². The van der Waals surface area contributed by atoms with E-state index in [9.17, 15) is 18.8 Å². The number of carbonyl (C=O) groups excluding carboxylic acids is 3. The molecule has 1 aromatic carbocycles. The number of piperidine rings is 1. The van der Waals surface area contributed by atoms with E-state index in [-0.39, 0.29) is 35.9 Å². The molecule has 1 saturated carbocycles. The largest absolute Gasteiger partial charge is 0.461 e. The van der Waals surface area contributed by atoms with Crippen LogP contribution in [0.5, 0.6) is 11.5 Å². The van der Waals surface area contributed by atoms with Gasteiger partial charge >= 0.3 is 5.97 Å². The molecule has 0 unspecified atom stereocenters. The molecule has 0 spiro atoms. The average Bonchev–Trinajstić information content (AvgIpc) is 3.53. The van der Waals surface area contributed by atoms with Crippen molar-refractivity contribution in [1.29, 1.82) is 0 Å². The number of esters is 1. The fraction of sp³-hybridized carbons (Fsp3) is 0.407. The first-order valence-corrected chi connectivity index (χ1v) is 13.0. The number of fused-ring (bicyclic) bond motifs is 1. The van der Waals surface area contributed by atoms with Gasteiger partial charge in [0.2, 0.25) is 0 Å². The molecule has 7 nitrogen and oxygen atoms in total. The molecule has 9 heteroatoms. The van der Waals surface area contributed by atoms with Gasteiger partial charge in [0.1, 0.15) is 17.6 Å². The summed E-state index contributed by atoms with van der Waals surface area (Å²) in [6.45, 7) is 2.30. The summed E-state index contributed by atoms with van der Waals surface area (Å²) in [6.07, 6.45) is 5.73. The quantitative estimate of drug-likeness (QED) is 0.382. The van der Waals surface area contributed by atoms with E-state index in [1.54, 1.807) is 29.3 Å². The first kappa shape index (κ1) is 24.4. The second-order valence-corrected chi connectivity index (χ2v) is 10.5. The number of ketones is 1. The van der Waals surface area contributed by atoms with E-state index in [1.807, 2.05) is 0 Å². The summed E-state index contributed by atoms with van der Waals surface area (Å²) in [7, 11) is 0. The Hall–Kier alpha value is -3.33. The third kappa shape index (κ3) is 5.73. The molecule has 0 bridgehead atoms. The maximum Gasteiger partial charge on any atom is 0.302 e. The fourth-order valence-corrected chi connectivity index (χ4v) is 5.54. The van der Waals surface area contributed by atoms with Crippen LogP contribution in [0, 0.1) is 11.7 Å². The van der Waals surface area contributed by atoms with E-state index in [0.717, 1.165) is 25.7 Å². The highest BCUT2D eigenvalue weighted by Crippen LogP contribution is 2.37. The Morgan fingerprint density at radius 1 is 1.14 bits per heavy atom. The van der Waals surface area contributed by atoms with E-state index in [4.69, 9.17) is 9.47 Å². The lowest BCUT2D eigenvalue weighted by Gasteiger charge is -2.31. The van der Waals surface area contributed by atoms with E-state index in [2.05, 4.69) is 4.98 Å². The fourth-order valence-electron chi connectivity index (χ4n) is 4.51. The minimum Gasteiger partial charge on any atom is -0.461 e. The van der Waals surface area contributed by atoms with Crippen LogP contribution >= 0.6 is 11.3 Å². The topological polar surface area (TPSA) is 85.8 Å². The number of ether oxygens (including phenoxy) is 2. The van der Waals surface area contributed by atoms with E-state index in [1.165, 1.54) is 30.4 Å². The molecule has 1 aliphatic carbocycles. The molecule has 3 heterocycles. The first-order valence-electron chi connectivity index (χ1n) is 12.2. The summed E-state index contributed by atoms with van der Waals surface area (Å²) in [4.78, 5) is 43.1. The van der Waals surface area contributed by atoms with Gasteiger partial charge in [-0.2, -0.15) is 0 Å². The van der Waals surface area contributed by atoms with Crippen molar-refractivity contribution in [2.75, 3.05) is 13.1 Å². The maximum atomic E-state index is 14.8. The Bertz CT molecular complexity index is 1320. The molecular weight excluding hydrogens is 483 g/mol. The molecule has 1 atom stereocenters. The van der Waals surface area contributed by atoms with Crippen molar-refractivity contribution in [1.82, 2.24) is 9.88 Å². The number of hydrogen-bond donors (Lipinski definition) is 0. The first-order chi connectivity index (χ1) is 17.4.